The second-order valence-corrected chi connectivity index (χ2v) is 7.62. The highest BCUT2D eigenvalue weighted by Crippen LogP contribution is 2.23. The Labute approximate surface area is 140 Å². The van der Waals surface area contributed by atoms with Gasteiger partial charge >= 0.3 is 5.97 Å². The van der Waals surface area contributed by atoms with Gasteiger partial charge in [-0.1, -0.05) is 30.3 Å². The van der Waals surface area contributed by atoms with Gasteiger partial charge in [-0.3, -0.25) is 4.68 Å². The average Bonchev–Trinajstić information content (AvgIpc) is 3.24. The minimum Gasteiger partial charge on any atom is -0.478 e. The summed E-state index contributed by atoms with van der Waals surface area (Å²) in [5.74, 6) is -1.28. The molecule has 7 nitrogen and oxygen atoms in total. The topological polar surface area (TPSA) is 92.5 Å². The average molecular weight is 349 g/mol. The van der Waals surface area contributed by atoms with Crippen molar-refractivity contribution in [3.05, 3.63) is 47.7 Å². The summed E-state index contributed by atoms with van der Waals surface area (Å²) in [6.07, 6.45) is 3.52. The van der Waals surface area contributed by atoms with Crippen LogP contribution in [0.2, 0.25) is 0 Å². The number of aromatic nitrogens is 2. The lowest BCUT2D eigenvalue weighted by atomic mass is 10.1. The fourth-order valence-electron chi connectivity index (χ4n) is 2.79. The smallest absolute Gasteiger partial charge is 0.340 e. The van der Waals surface area contributed by atoms with Crippen LogP contribution in [0.4, 0.5) is 0 Å². The zero-order valence-corrected chi connectivity index (χ0v) is 13.9. The molecule has 1 aromatic heterocycles. The van der Waals surface area contributed by atoms with E-state index in [2.05, 4.69) is 5.10 Å². The molecular formula is C16H19N3O4S. The number of aryl methyl sites for hydroxylation is 2. The van der Waals surface area contributed by atoms with Gasteiger partial charge in [0, 0.05) is 25.8 Å². The molecule has 1 aromatic carbocycles. The van der Waals surface area contributed by atoms with Gasteiger partial charge in [0.1, 0.15) is 5.56 Å². The van der Waals surface area contributed by atoms with E-state index >= 15 is 0 Å². The van der Waals surface area contributed by atoms with Crippen LogP contribution < -0.4 is 0 Å². The first-order valence-corrected chi connectivity index (χ1v) is 9.27. The van der Waals surface area contributed by atoms with Gasteiger partial charge in [-0.05, 0) is 24.8 Å². The molecule has 1 aliphatic rings. The third kappa shape index (κ3) is 3.34. The molecule has 0 bridgehead atoms. The molecule has 0 unspecified atom stereocenters. The maximum absolute atomic E-state index is 12.6. The lowest BCUT2D eigenvalue weighted by Crippen LogP contribution is -2.29. The van der Waals surface area contributed by atoms with Gasteiger partial charge in [-0.2, -0.15) is 9.40 Å². The van der Waals surface area contributed by atoms with Gasteiger partial charge in [0.25, 0.3) is 10.0 Å². The van der Waals surface area contributed by atoms with E-state index in [9.17, 15) is 18.3 Å². The third-order valence-electron chi connectivity index (χ3n) is 4.08. The fourth-order valence-corrected chi connectivity index (χ4v) is 4.40. The Morgan fingerprint density at radius 2 is 1.83 bits per heavy atom. The summed E-state index contributed by atoms with van der Waals surface area (Å²) < 4.78 is 28.0. The van der Waals surface area contributed by atoms with Crippen LogP contribution in [0.5, 0.6) is 0 Å². The lowest BCUT2D eigenvalue weighted by Gasteiger charge is -2.13. The summed E-state index contributed by atoms with van der Waals surface area (Å²) in [7, 11) is -3.86. The van der Waals surface area contributed by atoms with Gasteiger partial charge in [-0.15, -0.1) is 0 Å². The Hall–Kier alpha value is -2.19. The molecule has 0 radical (unpaired) electrons. The van der Waals surface area contributed by atoms with E-state index < -0.39 is 16.0 Å². The van der Waals surface area contributed by atoms with E-state index in [-0.39, 0.29) is 10.6 Å². The molecule has 1 fully saturated rings. The number of aromatic carboxylic acids is 1. The number of hydrogen-bond donors (Lipinski definition) is 1. The fraction of sp³-hybridized carbons (Fsp3) is 0.375. The van der Waals surface area contributed by atoms with Gasteiger partial charge in [-0.25, -0.2) is 13.2 Å². The summed E-state index contributed by atoms with van der Waals surface area (Å²) >= 11 is 0. The Kier molecular flexibility index (Phi) is 4.68. The summed E-state index contributed by atoms with van der Waals surface area (Å²) in [6, 6.07) is 9.68. The van der Waals surface area contributed by atoms with Crippen LogP contribution in [0, 0.1) is 0 Å². The first-order chi connectivity index (χ1) is 11.5. The number of carbonyl (C=O) groups is 1. The highest BCUT2D eigenvalue weighted by molar-refractivity contribution is 7.89. The molecule has 2 aromatic rings. The van der Waals surface area contributed by atoms with Crippen LogP contribution in [0.25, 0.3) is 0 Å². The molecule has 1 saturated heterocycles. The van der Waals surface area contributed by atoms with E-state index in [0.29, 0.717) is 26.1 Å². The standard InChI is InChI=1S/C16H19N3O4S/c20-16(21)14-12-18(11-8-13-6-2-1-3-7-13)17-15(14)24(22,23)19-9-4-5-10-19/h1-3,6-7,12H,4-5,8-11H2,(H,20,21). The first-order valence-electron chi connectivity index (χ1n) is 7.83. The predicted molar refractivity (Wildman–Crippen MR) is 87.3 cm³/mol. The minimum atomic E-state index is -3.86. The summed E-state index contributed by atoms with van der Waals surface area (Å²) in [6.45, 7) is 1.25. The summed E-state index contributed by atoms with van der Waals surface area (Å²) in [5.41, 5.74) is 0.809. The van der Waals surface area contributed by atoms with E-state index in [0.717, 1.165) is 18.4 Å². The molecule has 24 heavy (non-hydrogen) atoms. The van der Waals surface area contributed by atoms with Crippen LogP contribution in [0.1, 0.15) is 28.8 Å². The van der Waals surface area contributed by atoms with Crippen molar-refractivity contribution in [3.63, 3.8) is 0 Å². The summed E-state index contributed by atoms with van der Waals surface area (Å²) in [5, 5.41) is 13.0. The van der Waals surface area contributed by atoms with Gasteiger partial charge in [0.2, 0.25) is 5.03 Å². The maximum atomic E-state index is 12.6. The van der Waals surface area contributed by atoms with Crippen LogP contribution in [-0.4, -0.2) is 46.7 Å². The second kappa shape index (κ2) is 6.74. The van der Waals surface area contributed by atoms with E-state index in [1.165, 1.54) is 15.2 Å². The van der Waals surface area contributed by atoms with Crippen LogP contribution in [-0.2, 0) is 23.0 Å². The molecule has 3 rings (SSSR count). The van der Waals surface area contributed by atoms with Crippen LogP contribution in [0.3, 0.4) is 0 Å². The maximum Gasteiger partial charge on any atom is 0.340 e. The number of carboxylic acids is 1. The molecule has 0 saturated carbocycles. The minimum absolute atomic E-state index is 0.269. The van der Waals surface area contributed by atoms with Crippen molar-refractivity contribution in [2.75, 3.05) is 13.1 Å². The quantitative estimate of drug-likeness (QED) is 0.855. The summed E-state index contributed by atoms with van der Waals surface area (Å²) in [4.78, 5) is 11.4. The molecule has 1 aliphatic heterocycles. The van der Waals surface area contributed by atoms with Gasteiger partial charge < -0.3 is 5.11 Å². The van der Waals surface area contributed by atoms with E-state index in [1.807, 2.05) is 30.3 Å². The third-order valence-corrected chi connectivity index (χ3v) is 5.92. The first kappa shape index (κ1) is 16.7. The number of hydrogen-bond acceptors (Lipinski definition) is 4. The zero-order valence-electron chi connectivity index (χ0n) is 13.1. The van der Waals surface area contributed by atoms with Crippen molar-refractivity contribution in [3.8, 4) is 0 Å². The molecule has 1 N–H and O–H groups in total. The number of rotatable bonds is 6. The molecule has 0 amide bonds. The van der Waals surface area contributed by atoms with E-state index in [1.54, 1.807) is 0 Å². The predicted octanol–water partition coefficient (Wildman–Crippen LogP) is 1.61. The Morgan fingerprint density at radius 3 is 2.46 bits per heavy atom. The monoisotopic (exact) mass is 349 g/mol. The van der Waals surface area contributed by atoms with E-state index in [4.69, 9.17) is 0 Å². The van der Waals surface area contributed by atoms with Crippen molar-refractivity contribution in [2.24, 2.45) is 0 Å². The molecule has 2 heterocycles. The van der Waals surface area contributed by atoms with Crippen molar-refractivity contribution in [1.82, 2.24) is 14.1 Å². The molecule has 0 atom stereocenters. The van der Waals surface area contributed by atoms with Crippen LogP contribution in [0.15, 0.2) is 41.6 Å². The van der Waals surface area contributed by atoms with Crippen molar-refractivity contribution in [1.29, 1.82) is 0 Å². The molecular weight excluding hydrogens is 330 g/mol. The van der Waals surface area contributed by atoms with Crippen molar-refractivity contribution < 1.29 is 18.3 Å². The molecule has 0 aliphatic carbocycles. The lowest BCUT2D eigenvalue weighted by molar-refractivity contribution is 0.0692. The second-order valence-electron chi connectivity index (χ2n) is 5.76. The zero-order chi connectivity index (χ0) is 17.2. The highest BCUT2D eigenvalue weighted by atomic mass is 32.2. The SMILES string of the molecule is O=C(O)c1cn(CCc2ccccc2)nc1S(=O)(=O)N1CCCC1. The largest absolute Gasteiger partial charge is 0.478 e. The Morgan fingerprint density at radius 1 is 1.17 bits per heavy atom. The van der Waals surface area contributed by atoms with Crippen molar-refractivity contribution in [2.45, 2.75) is 30.8 Å². The van der Waals surface area contributed by atoms with Gasteiger partial charge in [0.05, 0.1) is 0 Å². The van der Waals surface area contributed by atoms with Gasteiger partial charge in [0.15, 0.2) is 0 Å². The normalized spacial score (nSPS) is 15.7. The number of nitrogens with zero attached hydrogens (tertiary/aromatic N) is 3. The number of benzene rings is 1. The number of carboxylic acid groups (broad SMARTS) is 1. The Balaban J connectivity index is 1.86. The molecule has 0 spiro atoms. The Bertz CT molecular complexity index is 824. The number of sulfonamides is 1. The molecule has 8 heteroatoms. The highest BCUT2D eigenvalue weighted by Gasteiger charge is 2.34. The van der Waals surface area contributed by atoms with Crippen LogP contribution >= 0.6 is 0 Å². The molecule has 128 valence electrons. The van der Waals surface area contributed by atoms with Crippen molar-refractivity contribution >= 4 is 16.0 Å².